The number of carbonyl (C=O) groups is 1. The van der Waals surface area contributed by atoms with Crippen LogP contribution in [0.3, 0.4) is 0 Å². The second kappa shape index (κ2) is 6.75. The molecule has 0 radical (unpaired) electrons. The highest BCUT2D eigenvalue weighted by molar-refractivity contribution is 5.70. The number of hydrogen-bond donors (Lipinski definition) is 2. The largest absolute Gasteiger partial charge is 0.481 e. The normalized spacial score (nSPS) is 22.5. The van der Waals surface area contributed by atoms with Crippen molar-refractivity contribution < 1.29 is 9.90 Å². The van der Waals surface area contributed by atoms with Crippen molar-refractivity contribution in [2.75, 3.05) is 10.2 Å². The highest BCUT2D eigenvalue weighted by atomic mass is 16.4. The van der Waals surface area contributed by atoms with Crippen molar-refractivity contribution in [2.45, 2.75) is 44.8 Å². The van der Waals surface area contributed by atoms with Crippen molar-refractivity contribution in [1.29, 1.82) is 0 Å². The minimum Gasteiger partial charge on any atom is -0.481 e. The van der Waals surface area contributed by atoms with Gasteiger partial charge in [-0.2, -0.15) is 0 Å². The maximum Gasteiger partial charge on any atom is 0.306 e. The number of aromatic nitrogens is 1. The molecule has 5 heteroatoms. The lowest BCUT2D eigenvalue weighted by Gasteiger charge is -2.28. The van der Waals surface area contributed by atoms with Gasteiger partial charge < -0.3 is 15.3 Å². The Bertz CT molecular complexity index is 755. The fraction of sp³-hybridized carbons (Fsp3) is 0.400. The van der Waals surface area contributed by atoms with E-state index >= 15 is 0 Å². The number of benzene rings is 1. The standard InChI is InChI=1S/C20H23N3O2/c24-20(25)14-7-9-16(10-8-14)22-18-5-3-4-15-12-23(13-17(15)18)19-6-1-2-11-21-19/h1-6,11,14,16,22H,7-10,12-13H2,(H,24,25). The molecule has 4 rings (SSSR count). The Kier molecular flexibility index (Phi) is 4.30. The maximum atomic E-state index is 11.1. The number of anilines is 2. The molecule has 5 nitrogen and oxygen atoms in total. The van der Waals surface area contributed by atoms with E-state index in [-0.39, 0.29) is 5.92 Å². The summed E-state index contributed by atoms with van der Waals surface area (Å²) >= 11 is 0. The lowest BCUT2D eigenvalue weighted by Crippen LogP contribution is -2.29. The van der Waals surface area contributed by atoms with E-state index in [1.165, 1.54) is 16.8 Å². The highest BCUT2D eigenvalue weighted by Gasteiger charge is 2.27. The molecule has 130 valence electrons. The molecule has 0 bridgehead atoms. The maximum absolute atomic E-state index is 11.1. The van der Waals surface area contributed by atoms with Gasteiger partial charge in [0, 0.05) is 31.0 Å². The van der Waals surface area contributed by atoms with Crippen LogP contribution >= 0.6 is 0 Å². The average Bonchev–Trinajstić information content (AvgIpc) is 3.08. The first-order valence-corrected chi connectivity index (χ1v) is 8.97. The van der Waals surface area contributed by atoms with Crippen LogP contribution in [0.15, 0.2) is 42.6 Å². The number of nitrogens with zero attached hydrogens (tertiary/aromatic N) is 2. The van der Waals surface area contributed by atoms with Gasteiger partial charge in [-0.1, -0.05) is 18.2 Å². The van der Waals surface area contributed by atoms with Gasteiger partial charge in [0.15, 0.2) is 0 Å². The lowest BCUT2D eigenvalue weighted by atomic mass is 9.86. The van der Waals surface area contributed by atoms with Gasteiger partial charge in [0.2, 0.25) is 0 Å². The molecule has 2 N–H and O–H groups in total. The smallest absolute Gasteiger partial charge is 0.306 e. The molecule has 1 aromatic heterocycles. The summed E-state index contributed by atoms with van der Waals surface area (Å²) in [5.41, 5.74) is 3.87. The second-order valence-corrected chi connectivity index (χ2v) is 7.02. The number of carboxylic acids is 1. The SMILES string of the molecule is O=C(O)C1CCC(Nc2cccc3c2CN(c2ccccn2)C3)CC1. The van der Waals surface area contributed by atoms with E-state index in [2.05, 4.69) is 33.4 Å². The molecule has 0 atom stereocenters. The summed E-state index contributed by atoms with van der Waals surface area (Å²) in [6.45, 7) is 1.74. The summed E-state index contributed by atoms with van der Waals surface area (Å²) in [6.07, 6.45) is 5.21. The molecule has 1 aromatic carbocycles. The molecule has 2 aliphatic rings. The topological polar surface area (TPSA) is 65.5 Å². The van der Waals surface area contributed by atoms with E-state index in [9.17, 15) is 4.79 Å². The van der Waals surface area contributed by atoms with Crippen LogP contribution in [0.1, 0.15) is 36.8 Å². The molecule has 1 saturated carbocycles. The molecule has 0 spiro atoms. The molecule has 2 heterocycles. The van der Waals surface area contributed by atoms with Gasteiger partial charge in [-0.15, -0.1) is 0 Å². The monoisotopic (exact) mass is 337 g/mol. The number of fused-ring (bicyclic) bond motifs is 1. The molecule has 1 aliphatic carbocycles. The van der Waals surface area contributed by atoms with Gasteiger partial charge in [-0.05, 0) is 55.0 Å². The first kappa shape index (κ1) is 15.9. The number of aliphatic carboxylic acids is 1. The van der Waals surface area contributed by atoms with Crippen molar-refractivity contribution in [3.05, 3.63) is 53.7 Å². The summed E-state index contributed by atoms with van der Waals surface area (Å²) < 4.78 is 0. The van der Waals surface area contributed by atoms with E-state index in [1.54, 1.807) is 0 Å². The third-order valence-corrected chi connectivity index (χ3v) is 5.39. The van der Waals surface area contributed by atoms with Gasteiger partial charge in [0.25, 0.3) is 0 Å². The second-order valence-electron chi connectivity index (χ2n) is 7.02. The Balaban J connectivity index is 1.46. The lowest BCUT2D eigenvalue weighted by molar-refractivity contribution is -0.142. The Morgan fingerprint density at radius 2 is 1.92 bits per heavy atom. The Labute approximate surface area is 147 Å². The summed E-state index contributed by atoms with van der Waals surface area (Å²) in [5.74, 6) is 0.191. The molecule has 25 heavy (non-hydrogen) atoms. The number of nitrogens with one attached hydrogen (secondary N) is 1. The minimum absolute atomic E-state index is 0.167. The van der Waals surface area contributed by atoms with E-state index in [4.69, 9.17) is 5.11 Å². The Morgan fingerprint density at radius 3 is 2.64 bits per heavy atom. The molecular weight excluding hydrogens is 314 g/mol. The average molecular weight is 337 g/mol. The van der Waals surface area contributed by atoms with Gasteiger partial charge in [-0.25, -0.2) is 4.98 Å². The zero-order chi connectivity index (χ0) is 17.2. The van der Waals surface area contributed by atoms with Crippen LogP contribution < -0.4 is 10.2 Å². The molecule has 0 unspecified atom stereocenters. The summed E-state index contributed by atoms with van der Waals surface area (Å²) in [5, 5.41) is 12.8. The van der Waals surface area contributed by atoms with E-state index < -0.39 is 5.97 Å². The fourth-order valence-electron chi connectivity index (χ4n) is 3.96. The third-order valence-electron chi connectivity index (χ3n) is 5.39. The van der Waals surface area contributed by atoms with E-state index in [1.807, 2.05) is 24.4 Å². The third kappa shape index (κ3) is 3.31. The van der Waals surface area contributed by atoms with Crippen LogP contribution in [0.5, 0.6) is 0 Å². The Hall–Kier alpha value is -2.56. The quantitative estimate of drug-likeness (QED) is 0.891. The van der Waals surface area contributed by atoms with Crippen LogP contribution in [-0.2, 0) is 17.9 Å². The number of hydrogen-bond acceptors (Lipinski definition) is 4. The number of pyridine rings is 1. The van der Waals surface area contributed by atoms with Gasteiger partial charge in [0.05, 0.1) is 5.92 Å². The van der Waals surface area contributed by atoms with Crippen molar-refractivity contribution >= 4 is 17.5 Å². The van der Waals surface area contributed by atoms with Crippen LogP contribution in [-0.4, -0.2) is 22.1 Å². The molecular formula is C20H23N3O2. The first-order chi connectivity index (χ1) is 12.2. The van der Waals surface area contributed by atoms with Crippen LogP contribution in [0.25, 0.3) is 0 Å². The van der Waals surface area contributed by atoms with Gasteiger partial charge in [0.1, 0.15) is 5.82 Å². The summed E-state index contributed by atoms with van der Waals surface area (Å²) in [6, 6.07) is 12.8. The van der Waals surface area contributed by atoms with E-state index in [0.29, 0.717) is 6.04 Å². The molecule has 0 saturated heterocycles. The molecule has 1 fully saturated rings. The van der Waals surface area contributed by atoms with Gasteiger partial charge >= 0.3 is 5.97 Å². The van der Waals surface area contributed by atoms with Crippen molar-refractivity contribution in [3.8, 4) is 0 Å². The zero-order valence-corrected chi connectivity index (χ0v) is 14.2. The van der Waals surface area contributed by atoms with Gasteiger partial charge in [-0.3, -0.25) is 4.79 Å². The van der Waals surface area contributed by atoms with Crippen LogP contribution in [0, 0.1) is 5.92 Å². The van der Waals surface area contributed by atoms with Crippen LogP contribution in [0.4, 0.5) is 11.5 Å². The number of carboxylic acid groups (broad SMARTS) is 1. The molecule has 0 amide bonds. The Morgan fingerprint density at radius 1 is 1.08 bits per heavy atom. The summed E-state index contributed by atoms with van der Waals surface area (Å²) in [4.78, 5) is 17.9. The number of rotatable bonds is 4. The van der Waals surface area contributed by atoms with Crippen molar-refractivity contribution in [1.82, 2.24) is 4.98 Å². The predicted octanol–water partition coefficient (Wildman–Crippen LogP) is 3.66. The highest BCUT2D eigenvalue weighted by Crippen LogP contribution is 2.34. The first-order valence-electron chi connectivity index (χ1n) is 8.97. The molecule has 2 aromatic rings. The predicted molar refractivity (Wildman–Crippen MR) is 97.6 cm³/mol. The molecule has 1 aliphatic heterocycles. The van der Waals surface area contributed by atoms with E-state index in [0.717, 1.165) is 44.6 Å². The fourth-order valence-corrected chi connectivity index (χ4v) is 3.96. The van der Waals surface area contributed by atoms with Crippen molar-refractivity contribution in [2.24, 2.45) is 5.92 Å². The van der Waals surface area contributed by atoms with Crippen molar-refractivity contribution in [3.63, 3.8) is 0 Å². The minimum atomic E-state index is -0.648. The summed E-state index contributed by atoms with van der Waals surface area (Å²) in [7, 11) is 0. The van der Waals surface area contributed by atoms with Crippen LogP contribution in [0.2, 0.25) is 0 Å². The zero-order valence-electron chi connectivity index (χ0n) is 14.2.